The molecule has 1 aliphatic heterocycles. The van der Waals surface area contributed by atoms with Crippen LogP contribution in [-0.4, -0.2) is 46.3 Å². The molecule has 3 heterocycles. The Kier molecular flexibility index (Phi) is 6.22. The summed E-state index contributed by atoms with van der Waals surface area (Å²) in [6, 6.07) is 7.92. The summed E-state index contributed by atoms with van der Waals surface area (Å²) in [6.07, 6.45) is 7.34. The summed E-state index contributed by atoms with van der Waals surface area (Å²) in [5.74, 6) is 1.03. The summed E-state index contributed by atoms with van der Waals surface area (Å²) in [5, 5.41) is 11.7. The van der Waals surface area contributed by atoms with Gasteiger partial charge in [0.05, 0.1) is 28.1 Å². The molecule has 10 heteroatoms. The van der Waals surface area contributed by atoms with E-state index < -0.39 is 7.14 Å². The van der Waals surface area contributed by atoms with Gasteiger partial charge in [-0.3, -0.25) is 4.68 Å². The second kappa shape index (κ2) is 8.88. The van der Waals surface area contributed by atoms with Gasteiger partial charge in [0.2, 0.25) is 5.95 Å². The molecule has 1 saturated heterocycles. The van der Waals surface area contributed by atoms with Gasteiger partial charge in [-0.05, 0) is 54.2 Å². The van der Waals surface area contributed by atoms with Crippen LogP contribution in [0.2, 0.25) is 0 Å². The highest BCUT2D eigenvalue weighted by atomic mass is 79.9. The first kappa shape index (κ1) is 21.0. The summed E-state index contributed by atoms with van der Waals surface area (Å²) < 4.78 is 20.7. The maximum Gasteiger partial charge on any atom is 0.229 e. The molecule has 0 unspecified atom stereocenters. The summed E-state index contributed by atoms with van der Waals surface area (Å²) in [6.45, 7) is 5.04. The second-order valence-electron chi connectivity index (χ2n) is 7.56. The first-order chi connectivity index (χ1) is 14.4. The minimum Gasteiger partial charge on any atom is -0.381 e. The number of halogens is 1. The molecule has 0 amide bonds. The van der Waals surface area contributed by atoms with Crippen molar-refractivity contribution in [2.75, 3.05) is 37.2 Å². The van der Waals surface area contributed by atoms with E-state index in [-0.39, 0.29) is 0 Å². The van der Waals surface area contributed by atoms with Crippen LogP contribution in [0.25, 0.3) is 0 Å². The topological polar surface area (TPSA) is 94.0 Å². The SMILES string of the molecule is CP(C)(=O)c1ccccc1Nc1nc(Nc2cnn(C3CCOCC3)c2)ncc1Br. The Bertz CT molecular complexity index is 1080. The van der Waals surface area contributed by atoms with E-state index in [4.69, 9.17) is 4.74 Å². The van der Waals surface area contributed by atoms with E-state index in [1.807, 2.05) is 35.1 Å². The predicted molar refractivity (Wildman–Crippen MR) is 123 cm³/mol. The minimum absolute atomic E-state index is 0.354. The lowest BCUT2D eigenvalue weighted by Crippen LogP contribution is -2.19. The van der Waals surface area contributed by atoms with Gasteiger partial charge >= 0.3 is 0 Å². The third kappa shape index (κ3) is 4.91. The molecule has 2 N–H and O–H groups in total. The molecule has 1 aromatic carbocycles. The third-order valence-corrected chi connectivity index (χ3v) is 7.03. The van der Waals surface area contributed by atoms with Crippen LogP contribution in [0.1, 0.15) is 18.9 Å². The van der Waals surface area contributed by atoms with Gasteiger partial charge in [0.1, 0.15) is 13.0 Å². The van der Waals surface area contributed by atoms with Gasteiger partial charge in [0, 0.05) is 30.9 Å². The van der Waals surface area contributed by atoms with Gasteiger partial charge in [0.15, 0.2) is 0 Å². The maximum absolute atomic E-state index is 12.6. The van der Waals surface area contributed by atoms with Crippen molar-refractivity contribution in [3.05, 3.63) is 47.3 Å². The number of ether oxygens (including phenoxy) is 1. The smallest absolute Gasteiger partial charge is 0.229 e. The molecule has 30 heavy (non-hydrogen) atoms. The summed E-state index contributed by atoms with van der Waals surface area (Å²) >= 11 is 3.49. The third-order valence-electron chi connectivity index (χ3n) is 4.90. The van der Waals surface area contributed by atoms with Crippen LogP contribution >= 0.6 is 23.1 Å². The molecule has 4 rings (SSSR count). The van der Waals surface area contributed by atoms with Crippen molar-refractivity contribution in [1.82, 2.24) is 19.7 Å². The van der Waals surface area contributed by atoms with Crippen molar-refractivity contribution < 1.29 is 9.30 Å². The number of rotatable bonds is 6. The van der Waals surface area contributed by atoms with Crippen molar-refractivity contribution in [3.63, 3.8) is 0 Å². The van der Waals surface area contributed by atoms with Gasteiger partial charge in [-0.25, -0.2) is 4.98 Å². The molecule has 8 nitrogen and oxygen atoms in total. The number of aromatic nitrogens is 4. The molecular formula is C20H24BrN6O2P. The highest BCUT2D eigenvalue weighted by Crippen LogP contribution is 2.38. The van der Waals surface area contributed by atoms with Crippen LogP contribution < -0.4 is 15.9 Å². The Morgan fingerprint density at radius 1 is 1.17 bits per heavy atom. The number of anilines is 4. The fourth-order valence-electron chi connectivity index (χ4n) is 3.37. The Morgan fingerprint density at radius 2 is 1.93 bits per heavy atom. The molecule has 2 aromatic heterocycles. The monoisotopic (exact) mass is 490 g/mol. The predicted octanol–water partition coefficient (Wildman–Crippen LogP) is 4.52. The van der Waals surface area contributed by atoms with Crippen LogP contribution in [0, 0.1) is 0 Å². The van der Waals surface area contributed by atoms with E-state index in [9.17, 15) is 4.57 Å². The van der Waals surface area contributed by atoms with Crippen LogP contribution in [0.5, 0.6) is 0 Å². The second-order valence-corrected chi connectivity index (χ2v) is 11.6. The quantitative estimate of drug-likeness (QED) is 0.490. The molecule has 0 aliphatic carbocycles. The fourth-order valence-corrected chi connectivity index (χ4v) is 4.82. The number of hydrogen-bond acceptors (Lipinski definition) is 7. The van der Waals surface area contributed by atoms with Crippen molar-refractivity contribution in [1.29, 1.82) is 0 Å². The normalized spacial score (nSPS) is 15.2. The van der Waals surface area contributed by atoms with E-state index in [0.717, 1.165) is 42.7 Å². The van der Waals surface area contributed by atoms with Crippen molar-refractivity contribution >= 4 is 51.5 Å². The summed E-state index contributed by atoms with van der Waals surface area (Å²) in [4.78, 5) is 8.93. The molecule has 1 fully saturated rings. The van der Waals surface area contributed by atoms with Crippen molar-refractivity contribution in [3.8, 4) is 0 Å². The number of nitrogens with zero attached hydrogens (tertiary/aromatic N) is 4. The van der Waals surface area contributed by atoms with Crippen molar-refractivity contribution in [2.24, 2.45) is 0 Å². The van der Waals surface area contributed by atoms with Crippen LogP contribution in [0.15, 0.2) is 47.3 Å². The molecular weight excluding hydrogens is 467 g/mol. The molecule has 3 aromatic rings. The van der Waals surface area contributed by atoms with Crippen molar-refractivity contribution in [2.45, 2.75) is 18.9 Å². The summed E-state index contributed by atoms with van der Waals surface area (Å²) in [5.41, 5.74) is 1.59. The molecule has 0 radical (unpaired) electrons. The average molecular weight is 491 g/mol. The number of hydrogen-bond donors (Lipinski definition) is 2. The molecule has 0 bridgehead atoms. The lowest BCUT2D eigenvalue weighted by molar-refractivity contribution is 0.0662. The average Bonchev–Trinajstić information content (AvgIpc) is 3.19. The maximum atomic E-state index is 12.6. The molecule has 0 saturated carbocycles. The van der Waals surface area contributed by atoms with Crippen LogP contribution in [0.4, 0.5) is 23.1 Å². The molecule has 0 spiro atoms. The summed E-state index contributed by atoms with van der Waals surface area (Å²) in [7, 11) is -2.44. The standard InChI is InChI=1S/C20H24BrN6O2P/c1-30(2,28)18-6-4-3-5-17(18)25-19-16(21)12-22-20(26-19)24-14-11-23-27(13-14)15-7-9-29-10-8-15/h3-6,11-13,15H,7-10H2,1-2H3,(H2,22,24,25,26). The first-order valence-electron chi connectivity index (χ1n) is 9.73. The molecule has 0 atom stereocenters. The highest BCUT2D eigenvalue weighted by molar-refractivity contribution is 9.10. The first-order valence-corrected chi connectivity index (χ1v) is 13.1. The van der Waals surface area contributed by atoms with E-state index >= 15 is 0 Å². The highest BCUT2D eigenvalue weighted by Gasteiger charge is 2.18. The Balaban J connectivity index is 1.53. The van der Waals surface area contributed by atoms with Gasteiger partial charge in [-0.1, -0.05) is 12.1 Å². The zero-order chi connectivity index (χ0) is 21.1. The number of benzene rings is 1. The van der Waals surface area contributed by atoms with Gasteiger partial charge in [-0.2, -0.15) is 10.1 Å². The zero-order valence-corrected chi connectivity index (χ0v) is 19.4. The molecule has 1 aliphatic rings. The lowest BCUT2D eigenvalue weighted by Gasteiger charge is -2.22. The number of para-hydroxylation sites is 1. The Hall–Kier alpha value is -2.22. The largest absolute Gasteiger partial charge is 0.381 e. The van der Waals surface area contributed by atoms with E-state index in [2.05, 4.69) is 41.6 Å². The van der Waals surface area contributed by atoms with E-state index in [0.29, 0.717) is 22.3 Å². The van der Waals surface area contributed by atoms with Crippen LogP contribution in [0.3, 0.4) is 0 Å². The molecule has 158 valence electrons. The van der Waals surface area contributed by atoms with E-state index in [1.54, 1.807) is 25.7 Å². The number of nitrogens with one attached hydrogen (secondary N) is 2. The zero-order valence-electron chi connectivity index (χ0n) is 16.9. The lowest BCUT2D eigenvalue weighted by atomic mass is 10.1. The van der Waals surface area contributed by atoms with Crippen LogP contribution in [-0.2, 0) is 9.30 Å². The fraction of sp³-hybridized carbons (Fsp3) is 0.350. The van der Waals surface area contributed by atoms with Gasteiger partial charge in [0.25, 0.3) is 0 Å². The Morgan fingerprint density at radius 3 is 2.70 bits per heavy atom. The minimum atomic E-state index is -2.44. The van der Waals surface area contributed by atoms with E-state index in [1.165, 1.54) is 0 Å². The van der Waals surface area contributed by atoms with Gasteiger partial charge in [-0.15, -0.1) is 0 Å². The Labute approximate surface area is 184 Å². The van der Waals surface area contributed by atoms with Gasteiger partial charge < -0.3 is 19.9 Å².